The van der Waals surface area contributed by atoms with Crippen LogP contribution in [0.25, 0.3) is 0 Å². The molecule has 0 unspecified atom stereocenters. The molecule has 66 valence electrons. The molecule has 0 fully saturated rings. The first kappa shape index (κ1) is 30.1. The first-order valence-corrected chi connectivity index (χ1v) is 4.00. The third-order valence-electron chi connectivity index (χ3n) is 0. The monoisotopic (exact) mass is 390 g/mol. The molecule has 0 rings (SSSR count). The molecule has 0 aliphatic rings. The zero-order chi connectivity index (χ0) is 9.00. The quantitative estimate of drug-likeness (QED) is 0.224. The van der Waals surface area contributed by atoms with E-state index >= 15 is 0 Å². The normalized spacial score (nSPS) is 8.92. The van der Waals surface area contributed by atoms with E-state index in [1.165, 1.54) is 0 Å². The second-order valence-corrected chi connectivity index (χ2v) is 2.45. The van der Waals surface area contributed by atoms with Crippen LogP contribution in [0.2, 0.25) is 0 Å². The van der Waals surface area contributed by atoms with Crippen molar-refractivity contribution in [3.05, 3.63) is 0 Å². The van der Waals surface area contributed by atoms with Crippen molar-refractivity contribution in [1.82, 2.24) is 0 Å². The Balaban J connectivity index is -0.0000000267. The van der Waals surface area contributed by atoms with Gasteiger partial charge in [-0.05, 0) is 0 Å². The van der Waals surface area contributed by atoms with Crippen molar-refractivity contribution >= 4 is 44.7 Å². The van der Waals surface area contributed by atoms with Gasteiger partial charge in [-0.15, -0.1) is 0 Å². The van der Waals surface area contributed by atoms with Crippen LogP contribution in [0.4, 0.5) is 0 Å². The molecule has 0 N–H and O–H groups in total. The molecule has 0 atom stereocenters. The average Bonchev–Trinajstić information content (AvgIpc) is 1.12. The van der Waals surface area contributed by atoms with Crippen LogP contribution < -0.4 is 103 Å². The van der Waals surface area contributed by atoms with Crippen LogP contribution in [-0.2, 0) is 20.8 Å². The third kappa shape index (κ3) is 208. The minimum absolute atomic E-state index is 0. The van der Waals surface area contributed by atoms with Crippen molar-refractivity contribution < 1.29 is 138 Å². The SMILES string of the molecule is O=S(=O)([O-])[O-].O=S(=O)([O-])[O-].[K+].[K+].[Sn+2]. The molecule has 0 saturated heterocycles. The predicted octanol–water partition coefficient (Wildman–Crippen LogP) is -9.05. The summed E-state index contributed by atoms with van der Waals surface area (Å²) in [5.41, 5.74) is 0. The van der Waals surface area contributed by atoms with Crippen molar-refractivity contribution in [1.29, 1.82) is 0 Å². The maximum atomic E-state index is 8.52. The van der Waals surface area contributed by atoms with Crippen LogP contribution in [0.5, 0.6) is 0 Å². The zero-order valence-corrected chi connectivity index (χ0v) is 17.3. The fourth-order valence-corrected chi connectivity index (χ4v) is 0. The minimum Gasteiger partial charge on any atom is -0.759 e. The van der Waals surface area contributed by atoms with Crippen LogP contribution in [0.3, 0.4) is 0 Å². The topological polar surface area (TPSA) is 161 Å². The van der Waals surface area contributed by atoms with Crippen LogP contribution in [-0.4, -0.2) is 59.0 Å². The Kier molecular flexibility index (Phi) is 32.2. The van der Waals surface area contributed by atoms with Gasteiger partial charge in [-0.25, -0.2) is 0 Å². The Labute approximate surface area is 178 Å². The minimum atomic E-state index is -5.17. The Bertz CT molecular complexity index is 217. The first-order chi connectivity index (χ1) is 4.00. The molecular formula is K2O8S2Sn. The summed E-state index contributed by atoms with van der Waals surface area (Å²) in [5.74, 6) is 0. The Morgan fingerprint density at radius 3 is 0.615 bits per heavy atom. The van der Waals surface area contributed by atoms with E-state index in [0.717, 1.165) is 0 Å². The molecule has 0 heterocycles. The molecule has 0 bridgehead atoms. The van der Waals surface area contributed by atoms with E-state index in [4.69, 9.17) is 35.0 Å². The second-order valence-electron chi connectivity index (χ2n) is 0.816. The molecule has 0 spiro atoms. The Morgan fingerprint density at radius 1 is 0.615 bits per heavy atom. The van der Waals surface area contributed by atoms with E-state index in [1.54, 1.807) is 0 Å². The van der Waals surface area contributed by atoms with E-state index in [0.29, 0.717) is 0 Å². The molecule has 2 radical (unpaired) electrons. The fraction of sp³-hybridized carbons (Fsp3) is 0. The van der Waals surface area contributed by atoms with Gasteiger partial charge in [-0.3, -0.25) is 16.8 Å². The van der Waals surface area contributed by atoms with Crippen LogP contribution in [0.1, 0.15) is 0 Å². The smallest absolute Gasteiger partial charge is 0.759 e. The Morgan fingerprint density at radius 2 is 0.615 bits per heavy atom. The van der Waals surface area contributed by atoms with E-state index in [-0.39, 0.29) is 127 Å². The average molecular weight is 389 g/mol. The standard InChI is InChI=1S/2K.2H2O4S.Sn/c;;2*1-5(2,3)4;/h;;2*(H2,1,2,3,4);/q2*+1;;;+2/p-4. The van der Waals surface area contributed by atoms with Crippen molar-refractivity contribution in [2.75, 3.05) is 0 Å². The maximum Gasteiger partial charge on any atom is 2.00 e. The van der Waals surface area contributed by atoms with Crippen molar-refractivity contribution in [2.45, 2.75) is 0 Å². The van der Waals surface area contributed by atoms with Gasteiger partial charge in [0, 0.05) is 20.8 Å². The molecule has 13 heavy (non-hydrogen) atoms. The summed E-state index contributed by atoms with van der Waals surface area (Å²) in [5, 5.41) is 0. The molecule has 13 heteroatoms. The van der Waals surface area contributed by atoms with Gasteiger partial charge in [0.25, 0.3) is 0 Å². The summed E-state index contributed by atoms with van der Waals surface area (Å²) in [6, 6.07) is 0. The maximum absolute atomic E-state index is 8.52. The zero-order valence-electron chi connectivity index (χ0n) is 6.58. The summed E-state index contributed by atoms with van der Waals surface area (Å²) in [7, 11) is -10.3. The fourth-order valence-electron chi connectivity index (χ4n) is 0. The number of hydrogen-bond acceptors (Lipinski definition) is 8. The van der Waals surface area contributed by atoms with E-state index in [9.17, 15) is 0 Å². The number of rotatable bonds is 0. The molecule has 8 nitrogen and oxygen atoms in total. The molecule has 0 amide bonds. The van der Waals surface area contributed by atoms with E-state index < -0.39 is 20.8 Å². The van der Waals surface area contributed by atoms with Gasteiger partial charge in [0.15, 0.2) is 0 Å². The summed E-state index contributed by atoms with van der Waals surface area (Å²) in [4.78, 5) is 0. The van der Waals surface area contributed by atoms with Crippen LogP contribution in [0.15, 0.2) is 0 Å². The summed E-state index contributed by atoms with van der Waals surface area (Å²) >= 11 is 0. The summed E-state index contributed by atoms with van der Waals surface area (Å²) in [6.45, 7) is 0. The largest absolute Gasteiger partial charge is 2.00 e. The van der Waals surface area contributed by atoms with Gasteiger partial charge in [0.1, 0.15) is 0 Å². The van der Waals surface area contributed by atoms with Gasteiger partial charge in [0.05, 0.1) is 0 Å². The molecule has 0 saturated carbocycles. The van der Waals surface area contributed by atoms with Gasteiger partial charge >= 0.3 is 127 Å². The third-order valence-corrected chi connectivity index (χ3v) is 0. The van der Waals surface area contributed by atoms with Gasteiger partial charge < -0.3 is 18.2 Å². The van der Waals surface area contributed by atoms with Crippen molar-refractivity contribution in [3.63, 3.8) is 0 Å². The van der Waals surface area contributed by atoms with Gasteiger partial charge in [0.2, 0.25) is 0 Å². The number of hydrogen-bond donors (Lipinski definition) is 0. The van der Waals surface area contributed by atoms with Crippen molar-refractivity contribution in [2.24, 2.45) is 0 Å². The van der Waals surface area contributed by atoms with Crippen LogP contribution >= 0.6 is 0 Å². The van der Waals surface area contributed by atoms with Gasteiger partial charge in [-0.2, -0.15) is 0 Å². The molecule has 0 aromatic heterocycles. The second kappa shape index (κ2) is 13.9. The van der Waals surface area contributed by atoms with E-state index in [1.807, 2.05) is 0 Å². The first-order valence-electron chi connectivity index (χ1n) is 1.33. The van der Waals surface area contributed by atoms with Gasteiger partial charge in [-0.1, -0.05) is 0 Å². The molecule has 0 aromatic carbocycles. The molecule has 0 aliphatic heterocycles. The molecular weight excluding hydrogens is 389 g/mol. The molecule has 0 aromatic rings. The summed E-state index contributed by atoms with van der Waals surface area (Å²) < 4.78 is 68.2. The van der Waals surface area contributed by atoms with Crippen molar-refractivity contribution in [3.8, 4) is 0 Å². The Hall–Kier alpha value is 3.81. The molecule has 0 aliphatic carbocycles. The predicted molar refractivity (Wildman–Crippen MR) is 26.7 cm³/mol. The van der Waals surface area contributed by atoms with Crippen LogP contribution in [0, 0.1) is 0 Å². The summed E-state index contributed by atoms with van der Waals surface area (Å²) in [6.07, 6.45) is 0. The van der Waals surface area contributed by atoms with E-state index in [2.05, 4.69) is 0 Å².